The van der Waals surface area contributed by atoms with Crippen molar-refractivity contribution in [2.75, 3.05) is 33.3 Å². The summed E-state index contributed by atoms with van der Waals surface area (Å²) in [6.07, 6.45) is -0.444. The Labute approximate surface area is 164 Å². The topological polar surface area (TPSA) is 81.2 Å². The molecule has 1 aromatic heterocycles. The van der Waals surface area contributed by atoms with Crippen molar-refractivity contribution < 1.29 is 27.9 Å². The first-order chi connectivity index (χ1) is 13.3. The van der Waals surface area contributed by atoms with Gasteiger partial charge >= 0.3 is 6.09 Å². The number of carbonyl (C=O) groups is 2. The number of pyridine rings is 1. The zero-order valence-corrected chi connectivity index (χ0v) is 16.3. The normalized spacial score (nSPS) is 22.1. The number of ether oxygens (including phenoxy) is 3. The average molecular weight is 431 g/mol. The summed E-state index contributed by atoms with van der Waals surface area (Å²) in [6, 6.07) is 1.08. The van der Waals surface area contributed by atoms with Crippen molar-refractivity contribution in [1.82, 2.24) is 14.8 Å². The summed E-state index contributed by atoms with van der Waals surface area (Å²) in [5, 5.41) is 0. The molecule has 3 heterocycles. The van der Waals surface area contributed by atoms with E-state index < -0.39 is 24.6 Å². The van der Waals surface area contributed by atoms with E-state index in [9.17, 15) is 9.59 Å². The molecule has 0 N–H and O–H groups in total. The number of nitrogens with zero attached hydrogens (tertiary/aromatic N) is 3. The molecule has 26 heavy (non-hydrogen) atoms. The van der Waals surface area contributed by atoms with E-state index in [4.69, 9.17) is 18.3 Å². The van der Waals surface area contributed by atoms with Crippen LogP contribution in [0.5, 0.6) is 11.6 Å². The Morgan fingerprint density at radius 3 is 2.92 bits per heavy atom. The predicted molar refractivity (Wildman–Crippen MR) is 96.6 cm³/mol. The Kier molecular flexibility index (Phi) is 4.02. The van der Waals surface area contributed by atoms with Gasteiger partial charge in [-0.3, -0.25) is 4.79 Å². The molecule has 1 fully saturated rings. The molecule has 1 aromatic rings. The van der Waals surface area contributed by atoms with E-state index in [2.05, 4.69) is 20.9 Å². The van der Waals surface area contributed by atoms with Crippen molar-refractivity contribution in [2.45, 2.75) is 32.4 Å². The molecule has 9 heteroatoms. The number of fused-ring (bicyclic) bond motifs is 2. The third-order valence-electron chi connectivity index (χ3n) is 4.03. The smallest absolute Gasteiger partial charge is 0.410 e. The summed E-state index contributed by atoms with van der Waals surface area (Å²) in [6.45, 7) is 6.37. The molecule has 1 saturated heterocycles. The van der Waals surface area contributed by atoms with Crippen LogP contribution < -0.4 is 9.47 Å². The van der Waals surface area contributed by atoms with Crippen LogP contribution in [0.25, 0.3) is 0 Å². The highest BCUT2D eigenvalue weighted by atomic mass is 79.9. The van der Waals surface area contributed by atoms with Gasteiger partial charge in [0.25, 0.3) is 5.91 Å². The Morgan fingerprint density at radius 1 is 1.46 bits per heavy atom. The molecule has 0 radical (unpaired) electrons. The van der Waals surface area contributed by atoms with Crippen molar-refractivity contribution in [2.24, 2.45) is 0 Å². The Bertz CT molecular complexity index is 828. The summed E-state index contributed by atoms with van der Waals surface area (Å²) in [5.41, 5.74) is -0.643. The third-order valence-corrected chi connectivity index (χ3v) is 4.60. The predicted octanol–water partition coefficient (Wildman–Crippen LogP) is 2.31. The van der Waals surface area contributed by atoms with Crippen molar-refractivity contribution >= 4 is 27.9 Å². The number of rotatable bonds is 1. The van der Waals surface area contributed by atoms with Crippen LogP contribution in [0.15, 0.2) is 10.5 Å². The lowest BCUT2D eigenvalue weighted by atomic mass is 10.1. The fraction of sp³-hybridized carbons (Fsp3) is 0.588. The summed E-state index contributed by atoms with van der Waals surface area (Å²) in [7, 11) is -2.71. The van der Waals surface area contributed by atoms with Crippen molar-refractivity contribution in [1.29, 1.82) is 0 Å². The minimum absolute atomic E-state index is 0.0272. The molecule has 2 amide bonds. The van der Waals surface area contributed by atoms with E-state index in [1.807, 2.05) is 0 Å². The Hall–Kier alpha value is -2.03. The lowest BCUT2D eigenvalue weighted by molar-refractivity contribution is 0.000893. The molecule has 2 aliphatic rings. The second kappa shape index (κ2) is 6.94. The van der Waals surface area contributed by atoms with E-state index in [0.29, 0.717) is 6.54 Å². The average Bonchev–Trinajstić information content (AvgIpc) is 2.70. The number of carbonyl (C=O) groups excluding carboxylic acids is 2. The molecule has 0 unspecified atom stereocenters. The SMILES string of the molecule is [2H]C([2H])([2H])Oc1nc2c(cc1Br)OC[C@H]1CN(C(=O)OC(C)(C)C)CCN1C2=O. The van der Waals surface area contributed by atoms with E-state index in [-0.39, 0.29) is 47.5 Å². The number of methoxy groups -OCH3 is 1. The van der Waals surface area contributed by atoms with Crippen LogP contribution in [0, 0.1) is 0 Å². The van der Waals surface area contributed by atoms with Gasteiger partial charge in [0.2, 0.25) is 5.88 Å². The fourth-order valence-electron chi connectivity index (χ4n) is 2.87. The van der Waals surface area contributed by atoms with Crippen LogP contribution in [0.3, 0.4) is 0 Å². The molecule has 0 saturated carbocycles. The zero-order valence-electron chi connectivity index (χ0n) is 17.7. The van der Waals surface area contributed by atoms with Crippen LogP contribution in [0.2, 0.25) is 0 Å². The molecule has 0 aliphatic carbocycles. The molecule has 0 aromatic carbocycles. The van der Waals surface area contributed by atoms with E-state index in [1.165, 1.54) is 6.07 Å². The molecule has 3 rings (SSSR count). The lowest BCUT2D eigenvalue weighted by Crippen LogP contribution is -2.58. The highest BCUT2D eigenvalue weighted by Gasteiger charge is 2.39. The summed E-state index contributed by atoms with van der Waals surface area (Å²) in [4.78, 5) is 32.6. The van der Waals surface area contributed by atoms with Crippen LogP contribution in [-0.2, 0) is 4.74 Å². The molecular formula is C17H22BrN3O5. The summed E-state index contributed by atoms with van der Waals surface area (Å²) >= 11 is 3.19. The molecule has 0 spiro atoms. The maximum absolute atomic E-state index is 13.0. The van der Waals surface area contributed by atoms with E-state index >= 15 is 0 Å². The first-order valence-corrected chi connectivity index (χ1v) is 8.94. The summed E-state index contributed by atoms with van der Waals surface area (Å²) < 4.78 is 38.0. The van der Waals surface area contributed by atoms with Gasteiger partial charge in [0.05, 0.1) is 21.7 Å². The molecule has 0 bridgehead atoms. The van der Waals surface area contributed by atoms with Crippen LogP contribution in [0.4, 0.5) is 4.79 Å². The van der Waals surface area contributed by atoms with E-state index in [1.54, 1.807) is 30.6 Å². The number of halogens is 1. The standard InChI is InChI=1S/C17H22BrN3O5/c1-17(2,3)26-16(23)20-5-6-21-10(8-20)9-25-12-7-11(18)14(24-4)19-13(12)15(21)22/h7,10H,5-6,8-9H2,1-4H3/t10-/m1/s1/i4D3. The van der Waals surface area contributed by atoms with Gasteiger partial charge in [-0.25, -0.2) is 9.78 Å². The number of piperazine rings is 1. The maximum Gasteiger partial charge on any atom is 0.410 e. The first kappa shape index (κ1) is 15.1. The van der Waals surface area contributed by atoms with Gasteiger partial charge < -0.3 is 24.0 Å². The second-order valence-electron chi connectivity index (χ2n) is 7.11. The van der Waals surface area contributed by atoms with Crippen molar-refractivity contribution in [3.05, 3.63) is 16.2 Å². The van der Waals surface area contributed by atoms with Crippen LogP contribution in [-0.4, -0.2) is 71.7 Å². The van der Waals surface area contributed by atoms with Crippen LogP contribution >= 0.6 is 15.9 Å². The van der Waals surface area contributed by atoms with Gasteiger partial charge in [0.15, 0.2) is 11.4 Å². The van der Waals surface area contributed by atoms with Gasteiger partial charge in [0.1, 0.15) is 12.2 Å². The number of hydrogen-bond donors (Lipinski definition) is 0. The molecule has 2 aliphatic heterocycles. The highest BCUT2D eigenvalue weighted by Crippen LogP contribution is 2.33. The largest absolute Gasteiger partial charge is 0.489 e. The molecule has 142 valence electrons. The summed E-state index contributed by atoms with van der Waals surface area (Å²) in [5.74, 6) is -0.404. The second-order valence-corrected chi connectivity index (χ2v) is 7.97. The van der Waals surface area contributed by atoms with Gasteiger partial charge in [-0.1, -0.05) is 0 Å². The monoisotopic (exact) mass is 430 g/mol. The van der Waals surface area contributed by atoms with Crippen LogP contribution in [0.1, 0.15) is 35.4 Å². The van der Waals surface area contributed by atoms with Gasteiger partial charge in [0, 0.05) is 25.7 Å². The number of hydrogen-bond acceptors (Lipinski definition) is 6. The first-order valence-electron chi connectivity index (χ1n) is 9.65. The lowest BCUT2D eigenvalue weighted by Gasteiger charge is -2.40. The third kappa shape index (κ3) is 3.72. The Morgan fingerprint density at radius 2 is 2.23 bits per heavy atom. The highest BCUT2D eigenvalue weighted by molar-refractivity contribution is 9.10. The fourth-order valence-corrected chi connectivity index (χ4v) is 3.25. The quantitative estimate of drug-likeness (QED) is 0.679. The van der Waals surface area contributed by atoms with Gasteiger partial charge in [-0.2, -0.15) is 0 Å². The van der Waals surface area contributed by atoms with Crippen molar-refractivity contribution in [3.63, 3.8) is 0 Å². The van der Waals surface area contributed by atoms with Crippen molar-refractivity contribution in [3.8, 4) is 11.6 Å². The van der Waals surface area contributed by atoms with E-state index in [0.717, 1.165) is 0 Å². The minimum atomic E-state index is -2.71. The molecule has 8 nitrogen and oxygen atoms in total. The van der Waals surface area contributed by atoms with Gasteiger partial charge in [-0.05, 0) is 36.7 Å². The number of aromatic nitrogens is 1. The Balaban J connectivity index is 1.81. The minimum Gasteiger partial charge on any atom is -0.489 e. The molecule has 1 atom stereocenters. The zero-order chi connectivity index (χ0) is 21.6. The molecular weight excluding hydrogens is 406 g/mol. The maximum atomic E-state index is 13.0. The van der Waals surface area contributed by atoms with Gasteiger partial charge in [-0.15, -0.1) is 0 Å². The number of amides is 2.